The van der Waals surface area contributed by atoms with Gasteiger partial charge in [0, 0.05) is 17.3 Å². The third-order valence-electron chi connectivity index (χ3n) is 3.62. The Morgan fingerprint density at radius 3 is 2.80 bits per heavy atom. The Hall–Kier alpha value is -0.690. The first-order chi connectivity index (χ1) is 7.18. The Balaban J connectivity index is 1.96. The van der Waals surface area contributed by atoms with Crippen LogP contribution < -0.4 is 5.32 Å². The summed E-state index contributed by atoms with van der Waals surface area (Å²) in [7, 11) is 0. The SMILES string of the molecule is Cc1c(Cl)cccc1NC[C@H]1CC[C@@H]1C. The van der Waals surface area contributed by atoms with Crippen LogP contribution in [0.3, 0.4) is 0 Å². The highest BCUT2D eigenvalue weighted by molar-refractivity contribution is 6.31. The molecule has 0 heterocycles. The highest BCUT2D eigenvalue weighted by Gasteiger charge is 2.26. The van der Waals surface area contributed by atoms with Gasteiger partial charge in [-0.1, -0.05) is 31.0 Å². The van der Waals surface area contributed by atoms with Gasteiger partial charge in [0.1, 0.15) is 0 Å². The van der Waals surface area contributed by atoms with E-state index in [9.17, 15) is 0 Å². The molecule has 0 amide bonds. The van der Waals surface area contributed by atoms with Gasteiger partial charge in [0.05, 0.1) is 0 Å². The summed E-state index contributed by atoms with van der Waals surface area (Å²) in [5.74, 6) is 1.74. The van der Waals surface area contributed by atoms with E-state index in [1.54, 1.807) is 0 Å². The zero-order valence-electron chi connectivity index (χ0n) is 9.39. The quantitative estimate of drug-likeness (QED) is 0.814. The van der Waals surface area contributed by atoms with Crippen molar-refractivity contribution in [1.29, 1.82) is 0 Å². The van der Waals surface area contributed by atoms with Crippen molar-refractivity contribution < 1.29 is 0 Å². The second-order valence-electron chi connectivity index (χ2n) is 4.61. The van der Waals surface area contributed by atoms with Crippen molar-refractivity contribution in [2.45, 2.75) is 26.7 Å². The lowest BCUT2D eigenvalue weighted by Crippen LogP contribution is -2.29. The van der Waals surface area contributed by atoms with Crippen molar-refractivity contribution >= 4 is 17.3 Å². The maximum absolute atomic E-state index is 6.07. The highest BCUT2D eigenvalue weighted by Crippen LogP contribution is 2.34. The van der Waals surface area contributed by atoms with E-state index in [1.807, 2.05) is 12.1 Å². The summed E-state index contributed by atoms with van der Waals surface area (Å²) in [6.07, 6.45) is 2.76. The first kappa shape index (κ1) is 10.8. The third kappa shape index (κ3) is 2.28. The van der Waals surface area contributed by atoms with Gasteiger partial charge in [-0.25, -0.2) is 0 Å². The second-order valence-corrected chi connectivity index (χ2v) is 5.02. The molecule has 1 aliphatic rings. The predicted molar refractivity (Wildman–Crippen MR) is 66.6 cm³/mol. The van der Waals surface area contributed by atoms with Gasteiger partial charge >= 0.3 is 0 Å². The van der Waals surface area contributed by atoms with Crippen molar-refractivity contribution in [1.82, 2.24) is 0 Å². The molecule has 2 rings (SSSR count). The van der Waals surface area contributed by atoms with Gasteiger partial charge in [-0.15, -0.1) is 0 Å². The summed E-state index contributed by atoms with van der Waals surface area (Å²) in [6.45, 7) is 5.48. The second kappa shape index (κ2) is 4.44. The minimum Gasteiger partial charge on any atom is -0.385 e. The third-order valence-corrected chi connectivity index (χ3v) is 4.03. The van der Waals surface area contributed by atoms with Crippen molar-refractivity contribution in [2.24, 2.45) is 11.8 Å². The number of hydrogen-bond acceptors (Lipinski definition) is 1. The molecule has 0 unspecified atom stereocenters. The molecular weight excluding hydrogens is 206 g/mol. The van der Waals surface area contributed by atoms with E-state index in [-0.39, 0.29) is 0 Å². The van der Waals surface area contributed by atoms with Crippen LogP contribution in [0.5, 0.6) is 0 Å². The van der Waals surface area contributed by atoms with Crippen LogP contribution in [0.2, 0.25) is 5.02 Å². The monoisotopic (exact) mass is 223 g/mol. The molecule has 1 aromatic rings. The largest absolute Gasteiger partial charge is 0.385 e. The van der Waals surface area contributed by atoms with Crippen LogP contribution >= 0.6 is 11.6 Å². The average Bonchev–Trinajstić information content (AvgIpc) is 2.22. The Labute approximate surface area is 96.8 Å². The summed E-state index contributed by atoms with van der Waals surface area (Å²) in [6, 6.07) is 6.04. The van der Waals surface area contributed by atoms with Crippen LogP contribution in [0.1, 0.15) is 25.3 Å². The van der Waals surface area contributed by atoms with Crippen molar-refractivity contribution in [3.05, 3.63) is 28.8 Å². The van der Waals surface area contributed by atoms with Gasteiger partial charge in [-0.3, -0.25) is 0 Å². The molecule has 1 aromatic carbocycles. The molecule has 1 nitrogen and oxygen atoms in total. The lowest BCUT2D eigenvalue weighted by molar-refractivity contribution is 0.210. The summed E-state index contributed by atoms with van der Waals surface area (Å²) >= 11 is 6.07. The summed E-state index contributed by atoms with van der Waals surface area (Å²) in [5.41, 5.74) is 2.34. The first-order valence-electron chi connectivity index (χ1n) is 5.67. The van der Waals surface area contributed by atoms with Gasteiger partial charge in [-0.2, -0.15) is 0 Å². The standard InChI is InChI=1S/C13H18ClN/c1-9-6-7-11(9)8-15-13-5-3-4-12(14)10(13)2/h3-5,9,11,15H,6-8H2,1-2H3/t9-,11+/m0/s1. The molecule has 2 heteroatoms. The molecule has 1 N–H and O–H groups in total. The normalized spacial score (nSPS) is 24.7. The number of halogens is 1. The molecule has 1 aliphatic carbocycles. The lowest BCUT2D eigenvalue weighted by Gasteiger charge is -2.34. The zero-order valence-corrected chi connectivity index (χ0v) is 10.1. The van der Waals surface area contributed by atoms with Gasteiger partial charge in [0.25, 0.3) is 0 Å². The summed E-state index contributed by atoms with van der Waals surface area (Å²) in [5, 5.41) is 4.35. The molecule has 0 saturated heterocycles. The lowest BCUT2D eigenvalue weighted by atomic mass is 9.75. The van der Waals surface area contributed by atoms with E-state index >= 15 is 0 Å². The van der Waals surface area contributed by atoms with Gasteiger partial charge in [0.15, 0.2) is 0 Å². The minimum absolute atomic E-state index is 0.849. The molecule has 0 aromatic heterocycles. The van der Waals surface area contributed by atoms with E-state index < -0.39 is 0 Å². The summed E-state index contributed by atoms with van der Waals surface area (Å²) < 4.78 is 0. The number of rotatable bonds is 3. The van der Waals surface area contributed by atoms with Crippen LogP contribution in [0.25, 0.3) is 0 Å². The maximum Gasteiger partial charge on any atom is 0.0455 e. The molecule has 82 valence electrons. The fourth-order valence-electron chi connectivity index (χ4n) is 2.08. The molecule has 0 radical (unpaired) electrons. The van der Waals surface area contributed by atoms with Crippen molar-refractivity contribution in [3.63, 3.8) is 0 Å². The van der Waals surface area contributed by atoms with Crippen LogP contribution in [0.4, 0.5) is 5.69 Å². The molecule has 0 spiro atoms. The number of hydrogen-bond donors (Lipinski definition) is 1. The Morgan fingerprint density at radius 1 is 1.40 bits per heavy atom. The number of benzene rings is 1. The maximum atomic E-state index is 6.07. The van der Waals surface area contributed by atoms with Gasteiger partial charge < -0.3 is 5.32 Å². The molecule has 2 atom stereocenters. The van der Waals surface area contributed by atoms with E-state index in [4.69, 9.17) is 11.6 Å². The van der Waals surface area contributed by atoms with E-state index in [1.165, 1.54) is 18.5 Å². The van der Waals surface area contributed by atoms with Crippen LogP contribution in [-0.4, -0.2) is 6.54 Å². The molecule has 0 bridgehead atoms. The number of anilines is 1. The van der Waals surface area contributed by atoms with Gasteiger partial charge in [0.2, 0.25) is 0 Å². The first-order valence-corrected chi connectivity index (χ1v) is 6.05. The molecular formula is C13H18ClN. The highest BCUT2D eigenvalue weighted by atomic mass is 35.5. The van der Waals surface area contributed by atoms with Gasteiger partial charge in [-0.05, 0) is 42.9 Å². The molecule has 1 saturated carbocycles. The molecule has 0 aliphatic heterocycles. The molecule has 1 fully saturated rings. The fraction of sp³-hybridized carbons (Fsp3) is 0.538. The van der Waals surface area contributed by atoms with E-state index in [0.717, 1.165) is 29.0 Å². The Morgan fingerprint density at radius 2 is 2.20 bits per heavy atom. The minimum atomic E-state index is 0.849. The Bertz CT molecular complexity index is 348. The van der Waals surface area contributed by atoms with Crippen molar-refractivity contribution in [3.8, 4) is 0 Å². The Kier molecular flexibility index (Phi) is 3.20. The van der Waals surface area contributed by atoms with E-state index in [0.29, 0.717) is 0 Å². The summed E-state index contributed by atoms with van der Waals surface area (Å²) in [4.78, 5) is 0. The number of nitrogens with one attached hydrogen (secondary N) is 1. The average molecular weight is 224 g/mol. The predicted octanol–water partition coefficient (Wildman–Crippen LogP) is 4.11. The topological polar surface area (TPSA) is 12.0 Å². The zero-order chi connectivity index (χ0) is 10.8. The van der Waals surface area contributed by atoms with Crippen molar-refractivity contribution in [2.75, 3.05) is 11.9 Å². The van der Waals surface area contributed by atoms with E-state index in [2.05, 4.69) is 25.2 Å². The fourth-order valence-corrected chi connectivity index (χ4v) is 2.25. The van der Waals surface area contributed by atoms with Crippen LogP contribution in [-0.2, 0) is 0 Å². The molecule has 15 heavy (non-hydrogen) atoms. The van der Waals surface area contributed by atoms with Crippen LogP contribution in [0.15, 0.2) is 18.2 Å². The smallest absolute Gasteiger partial charge is 0.0455 e. The van der Waals surface area contributed by atoms with Crippen LogP contribution in [0, 0.1) is 18.8 Å².